The number of nitrogens with zero attached hydrogens (tertiary/aromatic N) is 1. The molecule has 0 aliphatic rings. The van der Waals surface area contributed by atoms with Gasteiger partial charge in [-0.25, -0.2) is 4.39 Å². The predicted molar refractivity (Wildman–Crippen MR) is 57.7 cm³/mol. The highest BCUT2D eigenvalue weighted by atomic mass is 19.1. The third-order valence-corrected chi connectivity index (χ3v) is 2.35. The van der Waals surface area contributed by atoms with Crippen molar-refractivity contribution in [3.05, 3.63) is 41.8 Å². The van der Waals surface area contributed by atoms with Crippen molar-refractivity contribution in [3.63, 3.8) is 0 Å². The van der Waals surface area contributed by atoms with E-state index in [4.69, 9.17) is 5.11 Å². The van der Waals surface area contributed by atoms with Crippen LogP contribution in [0.1, 0.15) is 12.0 Å². The lowest BCUT2D eigenvalue weighted by molar-refractivity contribution is -0.136. The molecule has 0 amide bonds. The number of fused-ring (bicyclic) bond motifs is 1. The van der Waals surface area contributed by atoms with E-state index in [1.165, 1.54) is 12.3 Å². The van der Waals surface area contributed by atoms with Crippen LogP contribution in [-0.4, -0.2) is 16.1 Å². The highest BCUT2D eigenvalue weighted by molar-refractivity contribution is 5.79. The second-order valence-corrected chi connectivity index (χ2v) is 3.55. The van der Waals surface area contributed by atoms with E-state index in [0.29, 0.717) is 22.9 Å². The van der Waals surface area contributed by atoms with Gasteiger partial charge in [0.2, 0.25) is 0 Å². The molecule has 0 aliphatic carbocycles. The van der Waals surface area contributed by atoms with Crippen LogP contribution >= 0.6 is 0 Å². The average Bonchev–Trinajstić information content (AvgIpc) is 2.26. The summed E-state index contributed by atoms with van der Waals surface area (Å²) >= 11 is 0. The summed E-state index contributed by atoms with van der Waals surface area (Å²) in [4.78, 5) is 14.3. The van der Waals surface area contributed by atoms with Gasteiger partial charge in [0.15, 0.2) is 0 Å². The lowest BCUT2D eigenvalue weighted by Gasteiger charge is -2.03. The van der Waals surface area contributed by atoms with Crippen LogP contribution in [0, 0.1) is 5.82 Å². The smallest absolute Gasteiger partial charge is 0.303 e. The van der Waals surface area contributed by atoms with Crippen LogP contribution in [-0.2, 0) is 11.2 Å². The maximum absolute atomic E-state index is 13.6. The molecule has 0 aliphatic heterocycles. The molecule has 0 bridgehead atoms. The van der Waals surface area contributed by atoms with Gasteiger partial charge >= 0.3 is 5.97 Å². The Labute approximate surface area is 91.5 Å². The van der Waals surface area contributed by atoms with Crippen molar-refractivity contribution >= 4 is 16.9 Å². The maximum atomic E-state index is 13.6. The van der Waals surface area contributed by atoms with E-state index in [-0.39, 0.29) is 6.42 Å². The lowest BCUT2D eigenvalue weighted by Crippen LogP contribution is -1.98. The summed E-state index contributed by atoms with van der Waals surface area (Å²) in [5.74, 6) is -1.29. The molecule has 82 valence electrons. The van der Waals surface area contributed by atoms with Gasteiger partial charge in [-0.2, -0.15) is 0 Å². The highest BCUT2D eigenvalue weighted by Gasteiger charge is 2.06. The van der Waals surface area contributed by atoms with Crippen molar-refractivity contribution in [2.45, 2.75) is 12.8 Å². The van der Waals surface area contributed by atoms with Crippen LogP contribution in [0.5, 0.6) is 0 Å². The molecule has 1 N–H and O–H groups in total. The first kappa shape index (κ1) is 10.5. The minimum absolute atomic E-state index is 0.00517. The Bertz CT molecular complexity index is 540. The molecule has 3 nitrogen and oxygen atoms in total. The van der Waals surface area contributed by atoms with Crippen molar-refractivity contribution in [2.24, 2.45) is 0 Å². The fourth-order valence-electron chi connectivity index (χ4n) is 1.60. The van der Waals surface area contributed by atoms with Gasteiger partial charge in [0.1, 0.15) is 11.3 Å². The van der Waals surface area contributed by atoms with E-state index in [1.807, 2.05) is 0 Å². The van der Waals surface area contributed by atoms with Gasteiger partial charge in [-0.1, -0.05) is 6.07 Å². The average molecular weight is 219 g/mol. The summed E-state index contributed by atoms with van der Waals surface area (Å²) in [5.41, 5.74) is 1.00. The third kappa shape index (κ3) is 2.16. The van der Waals surface area contributed by atoms with Gasteiger partial charge in [0, 0.05) is 18.0 Å². The van der Waals surface area contributed by atoms with Crippen molar-refractivity contribution < 1.29 is 14.3 Å². The molecule has 0 saturated carbocycles. The van der Waals surface area contributed by atoms with Crippen LogP contribution in [0.2, 0.25) is 0 Å². The minimum atomic E-state index is -0.883. The molecular weight excluding hydrogens is 209 g/mol. The van der Waals surface area contributed by atoms with Crippen molar-refractivity contribution in [1.29, 1.82) is 0 Å². The number of rotatable bonds is 3. The van der Waals surface area contributed by atoms with Gasteiger partial charge in [0.05, 0.1) is 0 Å². The number of carboxylic acid groups (broad SMARTS) is 1. The molecule has 0 spiro atoms. The zero-order chi connectivity index (χ0) is 11.5. The number of carboxylic acids is 1. The third-order valence-electron chi connectivity index (χ3n) is 2.35. The highest BCUT2D eigenvalue weighted by Crippen LogP contribution is 2.18. The molecule has 1 heterocycles. The molecular formula is C12H10FNO2. The molecule has 16 heavy (non-hydrogen) atoms. The number of aryl methyl sites for hydroxylation is 1. The van der Waals surface area contributed by atoms with E-state index in [2.05, 4.69) is 4.98 Å². The SMILES string of the molecule is O=C(O)CCc1cc(F)c2ncccc2c1. The number of benzene rings is 1. The van der Waals surface area contributed by atoms with Gasteiger partial charge < -0.3 is 5.11 Å². The Balaban J connectivity index is 2.38. The molecule has 4 heteroatoms. The minimum Gasteiger partial charge on any atom is -0.481 e. The number of halogens is 1. The van der Waals surface area contributed by atoms with Gasteiger partial charge in [0.25, 0.3) is 0 Å². The quantitative estimate of drug-likeness (QED) is 0.862. The maximum Gasteiger partial charge on any atom is 0.303 e. The van der Waals surface area contributed by atoms with E-state index in [1.54, 1.807) is 18.2 Å². The molecule has 0 unspecified atom stereocenters. The summed E-state index contributed by atoms with van der Waals surface area (Å²) in [6.07, 6.45) is 1.87. The second kappa shape index (κ2) is 4.26. The summed E-state index contributed by atoms with van der Waals surface area (Å²) in [6.45, 7) is 0. The standard InChI is InChI=1S/C12H10FNO2/c13-10-7-8(3-4-11(15)16)6-9-2-1-5-14-12(9)10/h1-2,5-7H,3-4H2,(H,15,16). The first-order valence-corrected chi connectivity index (χ1v) is 4.92. The molecule has 2 aromatic rings. The van der Waals surface area contributed by atoms with Gasteiger partial charge in [-0.05, 0) is 30.2 Å². The number of aromatic nitrogens is 1. The van der Waals surface area contributed by atoms with E-state index in [9.17, 15) is 9.18 Å². The monoisotopic (exact) mass is 219 g/mol. The fraction of sp³-hybridized carbons (Fsp3) is 0.167. The topological polar surface area (TPSA) is 50.2 Å². The van der Waals surface area contributed by atoms with Crippen LogP contribution in [0.15, 0.2) is 30.5 Å². The van der Waals surface area contributed by atoms with Crippen molar-refractivity contribution in [2.75, 3.05) is 0 Å². The zero-order valence-corrected chi connectivity index (χ0v) is 8.48. The van der Waals surface area contributed by atoms with Gasteiger partial charge in [-0.3, -0.25) is 9.78 Å². The molecule has 1 aromatic carbocycles. The Kier molecular flexibility index (Phi) is 2.81. The van der Waals surface area contributed by atoms with Crippen LogP contribution in [0.4, 0.5) is 4.39 Å². The summed E-state index contributed by atoms with van der Waals surface area (Å²) < 4.78 is 13.6. The Hall–Kier alpha value is -1.97. The van der Waals surface area contributed by atoms with Crippen LogP contribution < -0.4 is 0 Å². The second-order valence-electron chi connectivity index (χ2n) is 3.55. The Morgan fingerprint density at radius 2 is 2.25 bits per heavy atom. The normalized spacial score (nSPS) is 10.6. The molecule has 0 fully saturated rings. The number of hydrogen-bond acceptors (Lipinski definition) is 2. The number of aliphatic carboxylic acids is 1. The predicted octanol–water partition coefficient (Wildman–Crippen LogP) is 2.39. The van der Waals surface area contributed by atoms with Gasteiger partial charge in [-0.15, -0.1) is 0 Å². The molecule has 0 saturated heterocycles. The number of carbonyl (C=O) groups is 1. The van der Waals surface area contributed by atoms with Crippen molar-refractivity contribution in [3.8, 4) is 0 Å². The number of pyridine rings is 1. The van der Waals surface area contributed by atoms with E-state index >= 15 is 0 Å². The molecule has 0 atom stereocenters. The Morgan fingerprint density at radius 3 is 3.00 bits per heavy atom. The summed E-state index contributed by atoms with van der Waals surface area (Å²) in [7, 11) is 0. The number of hydrogen-bond donors (Lipinski definition) is 1. The molecule has 1 aromatic heterocycles. The van der Waals surface area contributed by atoms with Crippen LogP contribution in [0.25, 0.3) is 10.9 Å². The summed E-state index contributed by atoms with van der Waals surface area (Å²) in [6, 6.07) is 6.60. The van der Waals surface area contributed by atoms with E-state index < -0.39 is 11.8 Å². The largest absolute Gasteiger partial charge is 0.481 e. The van der Waals surface area contributed by atoms with Crippen molar-refractivity contribution in [1.82, 2.24) is 4.98 Å². The fourth-order valence-corrected chi connectivity index (χ4v) is 1.60. The molecule has 2 rings (SSSR count). The van der Waals surface area contributed by atoms with Crippen LogP contribution in [0.3, 0.4) is 0 Å². The summed E-state index contributed by atoms with van der Waals surface area (Å²) in [5, 5.41) is 9.25. The first-order valence-electron chi connectivity index (χ1n) is 4.92. The lowest BCUT2D eigenvalue weighted by atomic mass is 10.1. The first-order chi connectivity index (χ1) is 7.66. The van der Waals surface area contributed by atoms with E-state index in [0.717, 1.165) is 0 Å². The molecule has 0 radical (unpaired) electrons. The Morgan fingerprint density at radius 1 is 1.44 bits per heavy atom. The zero-order valence-electron chi connectivity index (χ0n) is 8.48.